The van der Waals surface area contributed by atoms with Crippen LogP contribution in [0.15, 0.2) is 18.2 Å². The molecule has 0 spiro atoms. The van der Waals surface area contributed by atoms with Crippen molar-refractivity contribution < 1.29 is 0 Å². The number of rotatable bonds is 4. The zero-order chi connectivity index (χ0) is 12.7. The van der Waals surface area contributed by atoms with E-state index < -0.39 is 0 Å². The Morgan fingerprint density at radius 1 is 1.44 bits per heavy atom. The summed E-state index contributed by atoms with van der Waals surface area (Å²) in [5.74, 6) is 2.92. The lowest BCUT2D eigenvalue weighted by Crippen LogP contribution is -2.11. The third kappa shape index (κ3) is 2.12. The smallest absolute Gasteiger partial charge is 0.124 e. The summed E-state index contributed by atoms with van der Waals surface area (Å²) < 4.78 is 2.23. The summed E-state index contributed by atoms with van der Waals surface area (Å²) in [5.41, 5.74) is 1.98. The van der Waals surface area contributed by atoms with Gasteiger partial charge in [0.15, 0.2) is 0 Å². The molecule has 1 fully saturated rings. The van der Waals surface area contributed by atoms with Gasteiger partial charge in [-0.2, -0.15) is 0 Å². The first-order chi connectivity index (χ1) is 8.70. The first-order valence-corrected chi connectivity index (χ1v) is 7.31. The number of alkyl halides is 1. The second kappa shape index (κ2) is 4.75. The molecule has 1 saturated carbocycles. The molecular weight excluding hydrogens is 267 g/mol. The van der Waals surface area contributed by atoms with E-state index in [0.29, 0.717) is 16.8 Å². The fourth-order valence-electron chi connectivity index (χ4n) is 2.57. The lowest BCUT2D eigenvalue weighted by Gasteiger charge is -2.13. The largest absolute Gasteiger partial charge is 0.327 e. The Labute approximate surface area is 117 Å². The summed E-state index contributed by atoms with van der Waals surface area (Å²) in [6, 6.07) is 5.93. The van der Waals surface area contributed by atoms with E-state index in [1.54, 1.807) is 0 Å². The number of aromatic nitrogens is 2. The fraction of sp³-hybridized carbons (Fsp3) is 0.500. The molecule has 0 aliphatic heterocycles. The van der Waals surface area contributed by atoms with Crippen LogP contribution in [0.1, 0.15) is 25.6 Å². The highest BCUT2D eigenvalue weighted by Crippen LogP contribution is 2.38. The molecule has 2 nitrogen and oxygen atoms in total. The summed E-state index contributed by atoms with van der Waals surface area (Å²) in [6.07, 6.45) is 2.73. The first kappa shape index (κ1) is 12.3. The zero-order valence-electron chi connectivity index (χ0n) is 10.4. The SMILES string of the molecule is CC(Cn1c(CCl)nc2c(Cl)cccc21)C1CC1. The van der Waals surface area contributed by atoms with Crippen molar-refractivity contribution in [2.45, 2.75) is 32.2 Å². The normalized spacial score (nSPS) is 17.3. The Morgan fingerprint density at radius 3 is 2.89 bits per heavy atom. The van der Waals surface area contributed by atoms with Crippen molar-refractivity contribution in [2.75, 3.05) is 0 Å². The third-order valence-electron chi connectivity index (χ3n) is 3.83. The van der Waals surface area contributed by atoms with Crippen LogP contribution in [0.25, 0.3) is 11.0 Å². The highest BCUT2D eigenvalue weighted by molar-refractivity contribution is 6.35. The summed E-state index contributed by atoms with van der Waals surface area (Å²) >= 11 is 12.2. The summed E-state index contributed by atoms with van der Waals surface area (Å²) in [4.78, 5) is 4.56. The van der Waals surface area contributed by atoms with Gasteiger partial charge in [0.25, 0.3) is 0 Å². The Balaban J connectivity index is 2.04. The second-order valence-electron chi connectivity index (χ2n) is 5.19. The third-order valence-corrected chi connectivity index (χ3v) is 4.37. The Bertz CT molecular complexity index is 572. The maximum absolute atomic E-state index is 6.19. The number of fused-ring (bicyclic) bond motifs is 1. The van der Waals surface area contributed by atoms with Crippen LogP contribution < -0.4 is 0 Å². The van der Waals surface area contributed by atoms with E-state index in [0.717, 1.165) is 29.3 Å². The van der Waals surface area contributed by atoms with Gasteiger partial charge in [-0.15, -0.1) is 11.6 Å². The number of hydrogen-bond donors (Lipinski definition) is 0. The van der Waals surface area contributed by atoms with Crippen LogP contribution >= 0.6 is 23.2 Å². The van der Waals surface area contributed by atoms with E-state index in [1.807, 2.05) is 12.1 Å². The monoisotopic (exact) mass is 282 g/mol. The standard InChI is InChI=1S/C14H16Cl2N2/c1-9(10-5-6-10)8-18-12-4-2-3-11(16)14(12)17-13(18)7-15/h2-4,9-10H,5-8H2,1H3. The molecule has 0 saturated heterocycles. The number of nitrogens with zero attached hydrogens (tertiary/aromatic N) is 2. The molecule has 2 aromatic rings. The number of benzene rings is 1. The Morgan fingerprint density at radius 2 is 2.22 bits per heavy atom. The van der Waals surface area contributed by atoms with Crippen LogP contribution in [0.4, 0.5) is 0 Å². The van der Waals surface area contributed by atoms with Crippen LogP contribution in [-0.2, 0) is 12.4 Å². The van der Waals surface area contributed by atoms with Gasteiger partial charge in [-0.1, -0.05) is 24.6 Å². The maximum Gasteiger partial charge on any atom is 0.124 e. The molecule has 3 rings (SSSR count). The van der Waals surface area contributed by atoms with E-state index >= 15 is 0 Å². The van der Waals surface area contributed by atoms with Crippen molar-refractivity contribution in [1.82, 2.24) is 9.55 Å². The predicted octanol–water partition coefficient (Wildman–Crippen LogP) is 4.47. The molecular formula is C14H16Cl2N2. The van der Waals surface area contributed by atoms with Crippen LogP contribution in [0, 0.1) is 11.8 Å². The Hall–Kier alpha value is -0.730. The van der Waals surface area contributed by atoms with Crippen LogP contribution in [0.3, 0.4) is 0 Å². The molecule has 1 aromatic heterocycles. The molecule has 0 N–H and O–H groups in total. The number of para-hydroxylation sites is 1. The molecule has 1 heterocycles. The predicted molar refractivity (Wildman–Crippen MR) is 76.2 cm³/mol. The van der Waals surface area contributed by atoms with Crippen LogP contribution in [-0.4, -0.2) is 9.55 Å². The number of halogens is 2. The summed E-state index contributed by atoms with van der Waals surface area (Å²) in [7, 11) is 0. The lowest BCUT2D eigenvalue weighted by atomic mass is 10.1. The van der Waals surface area contributed by atoms with E-state index in [9.17, 15) is 0 Å². The molecule has 0 bridgehead atoms. The van der Waals surface area contributed by atoms with Gasteiger partial charge in [-0.05, 0) is 36.8 Å². The van der Waals surface area contributed by atoms with E-state index in [2.05, 4.69) is 22.5 Å². The van der Waals surface area contributed by atoms with E-state index in [4.69, 9.17) is 23.2 Å². The summed E-state index contributed by atoms with van der Waals surface area (Å²) in [5, 5.41) is 0.705. The van der Waals surface area contributed by atoms with Gasteiger partial charge in [-0.3, -0.25) is 0 Å². The van der Waals surface area contributed by atoms with Gasteiger partial charge in [0, 0.05) is 6.54 Å². The average Bonchev–Trinajstić information content (AvgIpc) is 3.15. The molecule has 0 radical (unpaired) electrons. The number of imidazole rings is 1. The molecule has 0 amide bonds. The average molecular weight is 283 g/mol. The highest BCUT2D eigenvalue weighted by atomic mass is 35.5. The van der Waals surface area contributed by atoms with Gasteiger partial charge in [0.2, 0.25) is 0 Å². The van der Waals surface area contributed by atoms with Crippen molar-refractivity contribution in [2.24, 2.45) is 11.8 Å². The van der Waals surface area contributed by atoms with Crippen molar-refractivity contribution >= 4 is 34.2 Å². The van der Waals surface area contributed by atoms with Crippen molar-refractivity contribution in [3.8, 4) is 0 Å². The minimum Gasteiger partial charge on any atom is -0.327 e. The van der Waals surface area contributed by atoms with Crippen molar-refractivity contribution in [3.05, 3.63) is 29.0 Å². The van der Waals surface area contributed by atoms with Gasteiger partial charge in [-0.25, -0.2) is 4.98 Å². The van der Waals surface area contributed by atoms with Crippen LogP contribution in [0.5, 0.6) is 0 Å². The maximum atomic E-state index is 6.19. The quantitative estimate of drug-likeness (QED) is 0.757. The molecule has 1 aliphatic rings. The lowest BCUT2D eigenvalue weighted by molar-refractivity contribution is 0.431. The minimum absolute atomic E-state index is 0.433. The molecule has 4 heteroatoms. The Kier molecular flexibility index (Phi) is 3.25. The molecule has 96 valence electrons. The molecule has 1 atom stereocenters. The molecule has 1 aliphatic carbocycles. The first-order valence-electron chi connectivity index (χ1n) is 6.40. The van der Waals surface area contributed by atoms with Gasteiger partial charge in [0.1, 0.15) is 11.3 Å². The van der Waals surface area contributed by atoms with E-state index in [1.165, 1.54) is 12.8 Å². The van der Waals surface area contributed by atoms with Gasteiger partial charge in [0.05, 0.1) is 16.4 Å². The topological polar surface area (TPSA) is 17.8 Å². The van der Waals surface area contributed by atoms with Crippen molar-refractivity contribution in [1.29, 1.82) is 0 Å². The molecule has 1 unspecified atom stereocenters. The molecule has 1 aromatic carbocycles. The number of hydrogen-bond acceptors (Lipinski definition) is 1. The van der Waals surface area contributed by atoms with Gasteiger partial charge < -0.3 is 4.57 Å². The van der Waals surface area contributed by atoms with Crippen LogP contribution in [0.2, 0.25) is 5.02 Å². The molecule has 18 heavy (non-hydrogen) atoms. The fourth-order valence-corrected chi connectivity index (χ4v) is 2.98. The summed E-state index contributed by atoms with van der Waals surface area (Å²) in [6.45, 7) is 3.30. The van der Waals surface area contributed by atoms with Crippen molar-refractivity contribution in [3.63, 3.8) is 0 Å². The van der Waals surface area contributed by atoms with Gasteiger partial charge >= 0.3 is 0 Å². The zero-order valence-corrected chi connectivity index (χ0v) is 11.9. The van der Waals surface area contributed by atoms with E-state index in [-0.39, 0.29) is 0 Å². The minimum atomic E-state index is 0.433. The highest BCUT2D eigenvalue weighted by Gasteiger charge is 2.28. The second-order valence-corrected chi connectivity index (χ2v) is 5.87.